The quantitative estimate of drug-likeness (QED) is 0.868. The fourth-order valence-electron chi connectivity index (χ4n) is 2.99. The molecule has 92 valence electrons. The van der Waals surface area contributed by atoms with Crippen molar-refractivity contribution in [1.82, 2.24) is 0 Å². The summed E-state index contributed by atoms with van der Waals surface area (Å²) in [4.78, 5) is 0. The molecule has 2 atom stereocenters. The summed E-state index contributed by atoms with van der Waals surface area (Å²) < 4.78 is 0. The molecule has 2 N–H and O–H groups in total. The van der Waals surface area contributed by atoms with Crippen LogP contribution in [0.3, 0.4) is 0 Å². The van der Waals surface area contributed by atoms with Crippen LogP contribution in [0.1, 0.15) is 30.4 Å². The average Bonchev–Trinajstić information content (AvgIpc) is 3.00. The fourth-order valence-corrected chi connectivity index (χ4v) is 2.99. The molecule has 3 rings (SSSR count). The number of benzene rings is 2. The summed E-state index contributed by atoms with van der Waals surface area (Å²) >= 11 is 0. The minimum Gasteiger partial charge on any atom is -0.327 e. The highest BCUT2D eigenvalue weighted by Gasteiger charge is 2.53. The van der Waals surface area contributed by atoms with E-state index in [0.717, 1.165) is 6.42 Å². The maximum atomic E-state index is 6.18. The van der Waals surface area contributed by atoms with E-state index in [-0.39, 0.29) is 5.41 Å². The van der Waals surface area contributed by atoms with E-state index < -0.39 is 0 Å². The van der Waals surface area contributed by atoms with E-state index in [4.69, 9.17) is 5.73 Å². The maximum Gasteiger partial charge on any atom is 0.0158 e. The first-order valence-corrected chi connectivity index (χ1v) is 6.57. The Morgan fingerprint density at radius 1 is 0.944 bits per heavy atom. The molecule has 18 heavy (non-hydrogen) atoms. The molecule has 0 aliphatic heterocycles. The first-order chi connectivity index (χ1) is 8.72. The SMILES string of the molecule is CC1(C(c2ccccc2)c2ccccc2)CC1N. The van der Waals surface area contributed by atoms with Gasteiger partial charge in [0.2, 0.25) is 0 Å². The zero-order valence-electron chi connectivity index (χ0n) is 10.7. The zero-order valence-corrected chi connectivity index (χ0v) is 10.7. The number of hydrogen-bond donors (Lipinski definition) is 1. The third kappa shape index (κ3) is 1.85. The second kappa shape index (κ2) is 4.25. The monoisotopic (exact) mass is 237 g/mol. The van der Waals surface area contributed by atoms with E-state index in [2.05, 4.69) is 67.6 Å². The van der Waals surface area contributed by atoms with Crippen LogP contribution < -0.4 is 5.73 Å². The van der Waals surface area contributed by atoms with E-state index in [0.29, 0.717) is 12.0 Å². The highest BCUT2D eigenvalue weighted by Crippen LogP contribution is 2.57. The van der Waals surface area contributed by atoms with Crippen molar-refractivity contribution in [3.63, 3.8) is 0 Å². The largest absolute Gasteiger partial charge is 0.327 e. The van der Waals surface area contributed by atoms with Gasteiger partial charge < -0.3 is 5.73 Å². The van der Waals surface area contributed by atoms with E-state index in [1.54, 1.807) is 0 Å². The van der Waals surface area contributed by atoms with Gasteiger partial charge in [0.25, 0.3) is 0 Å². The lowest BCUT2D eigenvalue weighted by molar-refractivity contribution is 0.475. The van der Waals surface area contributed by atoms with Crippen LogP contribution in [-0.4, -0.2) is 6.04 Å². The van der Waals surface area contributed by atoms with Crippen LogP contribution in [0, 0.1) is 5.41 Å². The minimum atomic E-state index is 0.211. The Hall–Kier alpha value is -1.60. The predicted octanol–water partition coefficient (Wildman–Crippen LogP) is 3.56. The van der Waals surface area contributed by atoms with Gasteiger partial charge in [0.15, 0.2) is 0 Å². The Morgan fingerprint density at radius 3 is 1.67 bits per heavy atom. The van der Waals surface area contributed by atoms with Crippen LogP contribution in [0.2, 0.25) is 0 Å². The summed E-state index contributed by atoms with van der Waals surface area (Å²) in [6.45, 7) is 2.31. The molecular formula is C17H19N. The van der Waals surface area contributed by atoms with Gasteiger partial charge in [-0.05, 0) is 23.0 Å². The second-order valence-electron chi connectivity index (χ2n) is 5.57. The van der Waals surface area contributed by atoms with Crippen LogP contribution in [0.5, 0.6) is 0 Å². The van der Waals surface area contributed by atoms with Crippen molar-refractivity contribution in [2.45, 2.75) is 25.3 Å². The Bertz CT molecular complexity index is 480. The molecule has 0 heterocycles. The molecule has 1 aliphatic carbocycles. The summed E-state index contributed by atoms with van der Waals surface area (Å²) in [7, 11) is 0. The molecule has 0 saturated heterocycles. The molecule has 2 aromatic carbocycles. The summed E-state index contributed by atoms with van der Waals surface area (Å²) in [6, 6.07) is 21.8. The number of rotatable bonds is 3. The van der Waals surface area contributed by atoms with Gasteiger partial charge in [0.1, 0.15) is 0 Å². The van der Waals surface area contributed by atoms with Gasteiger partial charge in [-0.3, -0.25) is 0 Å². The average molecular weight is 237 g/mol. The van der Waals surface area contributed by atoms with Crippen molar-refractivity contribution in [3.8, 4) is 0 Å². The van der Waals surface area contributed by atoms with Gasteiger partial charge in [-0.15, -0.1) is 0 Å². The van der Waals surface area contributed by atoms with Gasteiger partial charge in [-0.1, -0.05) is 67.6 Å². The third-order valence-corrected chi connectivity index (χ3v) is 4.27. The summed E-state index contributed by atoms with van der Waals surface area (Å²) in [6.07, 6.45) is 1.11. The normalized spacial score (nSPS) is 26.3. The topological polar surface area (TPSA) is 26.0 Å². The van der Waals surface area contributed by atoms with Crippen LogP contribution in [0.4, 0.5) is 0 Å². The predicted molar refractivity (Wildman–Crippen MR) is 75.4 cm³/mol. The van der Waals surface area contributed by atoms with Crippen molar-refractivity contribution in [3.05, 3.63) is 71.8 Å². The van der Waals surface area contributed by atoms with E-state index in [9.17, 15) is 0 Å². The molecule has 1 heteroatoms. The standard InChI is InChI=1S/C17H19N/c1-17(12-15(17)18)16(13-8-4-2-5-9-13)14-10-6-3-7-11-14/h2-11,15-16H,12,18H2,1H3. The van der Waals surface area contributed by atoms with Gasteiger partial charge >= 0.3 is 0 Å². The van der Waals surface area contributed by atoms with Crippen LogP contribution in [0.15, 0.2) is 60.7 Å². The van der Waals surface area contributed by atoms with Crippen LogP contribution in [-0.2, 0) is 0 Å². The fraction of sp³-hybridized carbons (Fsp3) is 0.294. The first-order valence-electron chi connectivity index (χ1n) is 6.57. The van der Waals surface area contributed by atoms with Crippen molar-refractivity contribution in [2.24, 2.45) is 11.1 Å². The highest BCUT2D eigenvalue weighted by molar-refractivity contribution is 5.38. The van der Waals surface area contributed by atoms with E-state index in [1.165, 1.54) is 11.1 Å². The molecule has 2 unspecified atom stereocenters. The molecule has 1 saturated carbocycles. The van der Waals surface area contributed by atoms with Crippen LogP contribution >= 0.6 is 0 Å². The summed E-state index contributed by atoms with van der Waals surface area (Å²) in [5.41, 5.74) is 9.14. The molecule has 0 bridgehead atoms. The molecule has 2 aromatic rings. The maximum absolute atomic E-state index is 6.18. The molecule has 1 nitrogen and oxygen atoms in total. The minimum absolute atomic E-state index is 0.211. The van der Waals surface area contributed by atoms with Crippen molar-refractivity contribution in [2.75, 3.05) is 0 Å². The molecule has 0 aromatic heterocycles. The van der Waals surface area contributed by atoms with Gasteiger partial charge in [0, 0.05) is 12.0 Å². The van der Waals surface area contributed by atoms with E-state index in [1.807, 2.05) is 0 Å². The second-order valence-corrected chi connectivity index (χ2v) is 5.57. The Balaban J connectivity index is 2.06. The lowest BCUT2D eigenvalue weighted by Gasteiger charge is -2.25. The number of hydrogen-bond acceptors (Lipinski definition) is 1. The zero-order chi connectivity index (χ0) is 12.6. The van der Waals surface area contributed by atoms with Crippen molar-refractivity contribution < 1.29 is 0 Å². The highest BCUT2D eigenvalue weighted by atomic mass is 14.8. The van der Waals surface area contributed by atoms with Gasteiger partial charge in [0.05, 0.1) is 0 Å². The Morgan fingerprint density at radius 2 is 1.33 bits per heavy atom. The third-order valence-electron chi connectivity index (χ3n) is 4.27. The van der Waals surface area contributed by atoms with E-state index >= 15 is 0 Å². The first kappa shape index (κ1) is 11.5. The molecule has 0 spiro atoms. The lowest BCUT2D eigenvalue weighted by Crippen LogP contribution is -2.20. The van der Waals surface area contributed by atoms with Gasteiger partial charge in [-0.25, -0.2) is 0 Å². The smallest absolute Gasteiger partial charge is 0.0158 e. The summed E-state index contributed by atoms with van der Waals surface area (Å²) in [5.74, 6) is 0.412. The Kier molecular flexibility index (Phi) is 2.71. The molecule has 0 radical (unpaired) electrons. The van der Waals surface area contributed by atoms with Gasteiger partial charge in [-0.2, -0.15) is 0 Å². The number of nitrogens with two attached hydrogens (primary N) is 1. The molecule has 0 amide bonds. The summed E-state index contributed by atoms with van der Waals surface area (Å²) in [5, 5.41) is 0. The molecule has 1 aliphatic rings. The lowest BCUT2D eigenvalue weighted by atomic mass is 9.79. The van der Waals surface area contributed by atoms with Crippen molar-refractivity contribution in [1.29, 1.82) is 0 Å². The molecule has 1 fully saturated rings. The Labute approximate surface area is 109 Å². The van der Waals surface area contributed by atoms with Crippen molar-refractivity contribution >= 4 is 0 Å². The molecular weight excluding hydrogens is 218 g/mol. The van der Waals surface area contributed by atoms with Crippen LogP contribution in [0.25, 0.3) is 0 Å².